The lowest BCUT2D eigenvalue weighted by Gasteiger charge is -2.28. The first-order valence-corrected chi connectivity index (χ1v) is 3.54. The second kappa shape index (κ2) is 3.22. The molecule has 5 nitrogen and oxygen atoms in total. The SMILES string of the molecule is C=CN1CC(=O)C(=O)N(C=C)C1=O. The molecule has 0 aromatic heterocycles. The van der Waals surface area contributed by atoms with Crippen molar-refractivity contribution in [2.24, 2.45) is 0 Å². The molecule has 0 aromatic rings. The maximum absolute atomic E-state index is 11.3. The molecule has 5 heteroatoms. The Balaban J connectivity index is 3.00. The minimum Gasteiger partial charge on any atom is -0.293 e. The van der Waals surface area contributed by atoms with Gasteiger partial charge in [0.25, 0.3) is 0 Å². The van der Waals surface area contributed by atoms with E-state index in [-0.39, 0.29) is 6.54 Å². The number of Topliss-reactive ketones (excluding diaryl/α,β-unsaturated/α-hetero) is 1. The lowest BCUT2D eigenvalue weighted by Crippen LogP contribution is -2.52. The van der Waals surface area contributed by atoms with Crippen molar-refractivity contribution in [2.45, 2.75) is 0 Å². The van der Waals surface area contributed by atoms with E-state index in [1.54, 1.807) is 0 Å². The Morgan fingerprint density at radius 3 is 2.23 bits per heavy atom. The average Bonchev–Trinajstić information content (AvgIpc) is 2.12. The molecule has 0 saturated carbocycles. The number of ketones is 1. The Morgan fingerprint density at radius 1 is 1.15 bits per heavy atom. The van der Waals surface area contributed by atoms with Gasteiger partial charge in [0.05, 0.1) is 6.54 Å². The molecule has 1 rings (SSSR count). The van der Waals surface area contributed by atoms with E-state index in [2.05, 4.69) is 13.2 Å². The molecule has 1 aliphatic heterocycles. The van der Waals surface area contributed by atoms with Crippen LogP contribution < -0.4 is 0 Å². The summed E-state index contributed by atoms with van der Waals surface area (Å²) in [5, 5.41) is 0. The summed E-state index contributed by atoms with van der Waals surface area (Å²) in [6.07, 6.45) is 2.21. The van der Waals surface area contributed by atoms with Crippen LogP contribution in [0.15, 0.2) is 25.6 Å². The number of rotatable bonds is 2. The molecule has 1 heterocycles. The third-order valence-corrected chi connectivity index (χ3v) is 1.63. The van der Waals surface area contributed by atoms with E-state index in [1.165, 1.54) is 6.20 Å². The first kappa shape index (κ1) is 9.18. The van der Waals surface area contributed by atoms with Crippen LogP contribution >= 0.6 is 0 Å². The molecule has 0 atom stereocenters. The predicted octanol–water partition coefficient (Wildman–Crippen LogP) is 0.107. The average molecular weight is 180 g/mol. The summed E-state index contributed by atoms with van der Waals surface area (Å²) in [7, 11) is 0. The fraction of sp³-hybridized carbons (Fsp3) is 0.125. The fourth-order valence-corrected chi connectivity index (χ4v) is 0.953. The number of hydrogen-bond acceptors (Lipinski definition) is 3. The Hall–Kier alpha value is -1.91. The summed E-state index contributed by atoms with van der Waals surface area (Å²) in [6, 6.07) is -0.602. The fourth-order valence-electron chi connectivity index (χ4n) is 0.953. The quantitative estimate of drug-likeness (QED) is 0.566. The maximum Gasteiger partial charge on any atom is 0.335 e. The highest BCUT2D eigenvalue weighted by Gasteiger charge is 2.35. The van der Waals surface area contributed by atoms with Gasteiger partial charge < -0.3 is 0 Å². The molecule has 3 amide bonds. The first-order valence-electron chi connectivity index (χ1n) is 3.54. The minimum atomic E-state index is -0.849. The second-order valence-electron chi connectivity index (χ2n) is 2.37. The lowest BCUT2D eigenvalue weighted by molar-refractivity contribution is -0.143. The van der Waals surface area contributed by atoms with Gasteiger partial charge >= 0.3 is 11.9 Å². The Morgan fingerprint density at radius 2 is 1.77 bits per heavy atom. The number of hydrogen-bond donors (Lipinski definition) is 0. The van der Waals surface area contributed by atoms with Crippen LogP contribution in [0.5, 0.6) is 0 Å². The predicted molar refractivity (Wildman–Crippen MR) is 44.3 cm³/mol. The van der Waals surface area contributed by atoms with Crippen molar-refractivity contribution in [3.63, 3.8) is 0 Å². The molecule has 0 radical (unpaired) electrons. The van der Waals surface area contributed by atoms with Crippen molar-refractivity contribution < 1.29 is 14.4 Å². The van der Waals surface area contributed by atoms with Crippen molar-refractivity contribution in [3.8, 4) is 0 Å². The van der Waals surface area contributed by atoms with E-state index in [9.17, 15) is 14.4 Å². The largest absolute Gasteiger partial charge is 0.335 e. The molecular weight excluding hydrogens is 172 g/mol. The summed E-state index contributed by atoms with van der Waals surface area (Å²) in [5.41, 5.74) is 0. The molecule has 0 spiro atoms. The maximum atomic E-state index is 11.3. The summed E-state index contributed by atoms with van der Waals surface area (Å²) in [6.45, 7) is 6.36. The third-order valence-electron chi connectivity index (χ3n) is 1.63. The van der Waals surface area contributed by atoms with Gasteiger partial charge in [0.1, 0.15) is 0 Å². The van der Waals surface area contributed by atoms with Crippen LogP contribution in [0, 0.1) is 0 Å². The van der Waals surface area contributed by atoms with Gasteiger partial charge in [-0.25, -0.2) is 9.69 Å². The summed E-state index contributed by atoms with van der Waals surface area (Å²) < 4.78 is 0. The molecule has 1 saturated heterocycles. The second-order valence-corrected chi connectivity index (χ2v) is 2.37. The van der Waals surface area contributed by atoms with Gasteiger partial charge in [0.2, 0.25) is 5.78 Å². The standard InChI is InChI=1S/C8H8N2O3/c1-3-9-5-6(11)7(12)10(4-2)8(9)13/h3-4H,1-2,5H2. The van der Waals surface area contributed by atoms with Crippen LogP contribution in [-0.2, 0) is 9.59 Å². The zero-order valence-corrected chi connectivity index (χ0v) is 6.90. The number of carbonyl (C=O) groups excluding carboxylic acids is 3. The highest BCUT2D eigenvalue weighted by atomic mass is 16.2. The molecular formula is C8H8N2O3. The lowest BCUT2D eigenvalue weighted by atomic mass is 10.2. The smallest absolute Gasteiger partial charge is 0.293 e. The van der Waals surface area contributed by atoms with Crippen LogP contribution in [0.1, 0.15) is 0 Å². The van der Waals surface area contributed by atoms with Crippen LogP contribution in [-0.4, -0.2) is 34.1 Å². The number of amides is 3. The van der Waals surface area contributed by atoms with Gasteiger partial charge in [-0.2, -0.15) is 0 Å². The van der Waals surface area contributed by atoms with Crippen LogP contribution in [0.25, 0.3) is 0 Å². The third kappa shape index (κ3) is 1.35. The first-order chi connectivity index (χ1) is 6.11. The Kier molecular flexibility index (Phi) is 2.27. The summed E-state index contributed by atoms with van der Waals surface area (Å²) >= 11 is 0. The zero-order chi connectivity index (χ0) is 10.0. The zero-order valence-electron chi connectivity index (χ0n) is 6.90. The highest BCUT2D eigenvalue weighted by molar-refractivity contribution is 6.41. The van der Waals surface area contributed by atoms with E-state index in [1.807, 2.05) is 0 Å². The van der Waals surface area contributed by atoms with Crippen LogP contribution in [0.2, 0.25) is 0 Å². The van der Waals surface area contributed by atoms with Gasteiger partial charge in [0, 0.05) is 12.4 Å². The molecule has 0 aromatic carbocycles. The van der Waals surface area contributed by atoms with Crippen LogP contribution in [0.3, 0.4) is 0 Å². The van der Waals surface area contributed by atoms with Crippen molar-refractivity contribution in [1.82, 2.24) is 9.80 Å². The molecule has 0 unspecified atom stereocenters. The van der Waals surface area contributed by atoms with Crippen molar-refractivity contribution in [3.05, 3.63) is 25.6 Å². The van der Waals surface area contributed by atoms with Crippen LogP contribution in [0.4, 0.5) is 4.79 Å². The number of urea groups is 1. The number of carbonyl (C=O) groups is 3. The molecule has 0 N–H and O–H groups in total. The number of imide groups is 1. The van der Waals surface area contributed by atoms with Gasteiger partial charge in [-0.1, -0.05) is 13.2 Å². The summed E-state index contributed by atoms with van der Waals surface area (Å²) in [5.74, 6) is -1.50. The highest BCUT2D eigenvalue weighted by Crippen LogP contribution is 2.08. The van der Waals surface area contributed by atoms with E-state index >= 15 is 0 Å². The molecule has 13 heavy (non-hydrogen) atoms. The molecule has 0 aliphatic carbocycles. The normalized spacial score (nSPS) is 17.7. The minimum absolute atomic E-state index is 0.245. The Labute approximate surface area is 74.9 Å². The van der Waals surface area contributed by atoms with Gasteiger partial charge in [-0.3, -0.25) is 14.5 Å². The van der Waals surface area contributed by atoms with E-state index in [4.69, 9.17) is 0 Å². The summed E-state index contributed by atoms with van der Waals surface area (Å²) in [4.78, 5) is 35.0. The topological polar surface area (TPSA) is 57.7 Å². The number of nitrogens with zero attached hydrogens (tertiary/aromatic N) is 2. The molecule has 68 valence electrons. The molecule has 1 fully saturated rings. The monoisotopic (exact) mass is 180 g/mol. The van der Waals surface area contributed by atoms with E-state index < -0.39 is 17.7 Å². The van der Waals surface area contributed by atoms with Crippen molar-refractivity contribution in [1.29, 1.82) is 0 Å². The van der Waals surface area contributed by atoms with Gasteiger partial charge in [-0.05, 0) is 0 Å². The molecule has 0 bridgehead atoms. The Bertz CT molecular complexity index is 309. The van der Waals surface area contributed by atoms with Crippen molar-refractivity contribution >= 4 is 17.7 Å². The van der Waals surface area contributed by atoms with Crippen molar-refractivity contribution in [2.75, 3.05) is 6.54 Å². The van der Waals surface area contributed by atoms with E-state index in [0.29, 0.717) is 4.90 Å². The van der Waals surface area contributed by atoms with E-state index in [0.717, 1.165) is 11.1 Å². The van der Waals surface area contributed by atoms with Gasteiger partial charge in [0.15, 0.2) is 0 Å². The molecule has 1 aliphatic rings. The van der Waals surface area contributed by atoms with Gasteiger partial charge in [-0.15, -0.1) is 0 Å².